The molecule has 1 amide bonds. The molecule has 0 spiro atoms. The molecule has 0 aliphatic carbocycles. The van der Waals surface area contributed by atoms with E-state index in [-0.39, 0.29) is 5.69 Å². The zero-order chi connectivity index (χ0) is 18.0. The van der Waals surface area contributed by atoms with Gasteiger partial charge in [0.15, 0.2) is 0 Å². The molecule has 2 aromatic carbocycles. The number of carbonyl (C=O) groups excluding carboxylic acids is 1. The van der Waals surface area contributed by atoms with Crippen molar-refractivity contribution >= 4 is 28.1 Å². The molecule has 8 heteroatoms. The minimum atomic E-state index is -0.918. The first kappa shape index (κ1) is 16.3. The number of amides is 1. The number of nitrogens with zero attached hydrogens (tertiary/aromatic N) is 2. The number of anilines is 1. The molecule has 1 unspecified atom stereocenters. The Bertz CT molecular complexity index is 960. The standard InChI is InChI=1S/C17H13FN4O3/c18-11-3-1-10(2-4-11)16(17(19)23)21-14-5-6-15(22(24)25)13-9-20-8-7-12(13)14/h1-9,16,21H,(H2,19,23). The van der Waals surface area contributed by atoms with E-state index in [1.54, 1.807) is 6.07 Å². The second-order valence-corrected chi connectivity index (χ2v) is 5.34. The Labute approximate surface area is 141 Å². The van der Waals surface area contributed by atoms with E-state index < -0.39 is 22.7 Å². The number of hydrogen-bond donors (Lipinski definition) is 2. The van der Waals surface area contributed by atoms with Gasteiger partial charge in [-0.1, -0.05) is 12.1 Å². The molecule has 126 valence electrons. The van der Waals surface area contributed by atoms with Crippen LogP contribution < -0.4 is 11.1 Å². The number of nitro benzene ring substituents is 1. The number of nitro groups is 1. The van der Waals surface area contributed by atoms with Crippen LogP contribution in [0.25, 0.3) is 10.8 Å². The van der Waals surface area contributed by atoms with Crippen LogP contribution in [0.5, 0.6) is 0 Å². The summed E-state index contributed by atoms with van der Waals surface area (Å²) < 4.78 is 13.1. The predicted molar refractivity (Wildman–Crippen MR) is 90.4 cm³/mol. The summed E-state index contributed by atoms with van der Waals surface area (Å²) in [5.74, 6) is -1.09. The van der Waals surface area contributed by atoms with E-state index in [0.717, 1.165) is 0 Å². The Balaban J connectivity index is 2.06. The van der Waals surface area contributed by atoms with E-state index >= 15 is 0 Å². The summed E-state index contributed by atoms with van der Waals surface area (Å²) in [6.45, 7) is 0. The van der Waals surface area contributed by atoms with E-state index in [9.17, 15) is 19.3 Å². The number of benzene rings is 2. The number of non-ortho nitro benzene ring substituents is 1. The van der Waals surface area contributed by atoms with Gasteiger partial charge in [-0.05, 0) is 29.8 Å². The zero-order valence-corrected chi connectivity index (χ0v) is 12.8. The minimum absolute atomic E-state index is 0.0916. The third kappa shape index (κ3) is 3.23. The average Bonchev–Trinajstić information content (AvgIpc) is 2.60. The van der Waals surface area contributed by atoms with Crippen LogP contribution in [0.1, 0.15) is 11.6 Å². The molecule has 0 aliphatic rings. The van der Waals surface area contributed by atoms with E-state index in [1.807, 2.05) is 0 Å². The van der Waals surface area contributed by atoms with Gasteiger partial charge >= 0.3 is 0 Å². The van der Waals surface area contributed by atoms with Gasteiger partial charge in [-0.3, -0.25) is 19.9 Å². The number of carbonyl (C=O) groups is 1. The maximum Gasteiger partial charge on any atom is 0.278 e. The number of nitrogens with two attached hydrogens (primary N) is 1. The van der Waals surface area contributed by atoms with Gasteiger partial charge < -0.3 is 11.1 Å². The second-order valence-electron chi connectivity index (χ2n) is 5.34. The Morgan fingerprint density at radius 3 is 2.52 bits per heavy atom. The van der Waals surface area contributed by atoms with Gasteiger partial charge in [0.2, 0.25) is 5.91 Å². The summed E-state index contributed by atoms with van der Waals surface area (Å²) in [6, 6.07) is 8.87. The Hall–Kier alpha value is -3.55. The van der Waals surface area contributed by atoms with Crippen LogP contribution >= 0.6 is 0 Å². The normalized spacial score (nSPS) is 11.9. The van der Waals surface area contributed by atoms with Crippen molar-refractivity contribution in [2.45, 2.75) is 6.04 Å². The summed E-state index contributed by atoms with van der Waals surface area (Å²) >= 11 is 0. The van der Waals surface area contributed by atoms with Crippen LogP contribution in [0.4, 0.5) is 15.8 Å². The minimum Gasteiger partial charge on any atom is -0.370 e. The fourth-order valence-corrected chi connectivity index (χ4v) is 2.59. The monoisotopic (exact) mass is 340 g/mol. The maximum atomic E-state index is 13.1. The topological polar surface area (TPSA) is 111 Å². The number of halogens is 1. The maximum absolute atomic E-state index is 13.1. The van der Waals surface area contributed by atoms with Crippen LogP contribution in [0.15, 0.2) is 54.9 Å². The molecule has 0 bridgehead atoms. The molecule has 3 aromatic rings. The van der Waals surface area contributed by atoms with Crippen molar-refractivity contribution in [2.24, 2.45) is 5.73 Å². The Morgan fingerprint density at radius 1 is 1.16 bits per heavy atom. The van der Waals surface area contributed by atoms with Crippen LogP contribution in [0, 0.1) is 15.9 Å². The van der Waals surface area contributed by atoms with Gasteiger partial charge in [-0.25, -0.2) is 4.39 Å². The number of rotatable bonds is 5. The molecule has 3 N–H and O–H groups in total. The van der Waals surface area contributed by atoms with Crippen LogP contribution in [-0.4, -0.2) is 15.8 Å². The molecule has 7 nitrogen and oxygen atoms in total. The van der Waals surface area contributed by atoms with Crippen molar-refractivity contribution in [2.75, 3.05) is 5.32 Å². The molecule has 1 aromatic heterocycles. The van der Waals surface area contributed by atoms with Crippen molar-refractivity contribution in [3.05, 3.63) is 76.4 Å². The summed E-state index contributed by atoms with van der Waals surface area (Å²) in [5, 5.41) is 15.0. The summed E-state index contributed by atoms with van der Waals surface area (Å²) in [5.41, 5.74) is 6.33. The third-order valence-electron chi connectivity index (χ3n) is 3.78. The van der Waals surface area contributed by atoms with Crippen LogP contribution in [0.2, 0.25) is 0 Å². The largest absolute Gasteiger partial charge is 0.370 e. The number of fused-ring (bicyclic) bond motifs is 1. The molecule has 0 fully saturated rings. The van der Waals surface area contributed by atoms with Crippen molar-refractivity contribution in [1.29, 1.82) is 0 Å². The number of aromatic nitrogens is 1. The molecule has 0 saturated carbocycles. The number of primary amides is 1. The van der Waals surface area contributed by atoms with Gasteiger partial charge in [0, 0.05) is 29.5 Å². The highest BCUT2D eigenvalue weighted by atomic mass is 19.1. The highest BCUT2D eigenvalue weighted by Gasteiger charge is 2.21. The molecule has 1 atom stereocenters. The van der Waals surface area contributed by atoms with Crippen molar-refractivity contribution in [1.82, 2.24) is 4.98 Å². The van der Waals surface area contributed by atoms with E-state index in [1.165, 1.54) is 48.8 Å². The smallest absolute Gasteiger partial charge is 0.278 e. The molecule has 1 heterocycles. The average molecular weight is 340 g/mol. The van der Waals surface area contributed by atoms with Crippen LogP contribution in [-0.2, 0) is 4.79 Å². The Kier molecular flexibility index (Phi) is 4.25. The molecule has 25 heavy (non-hydrogen) atoms. The van der Waals surface area contributed by atoms with E-state index in [4.69, 9.17) is 5.73 Å². The highest BCUT2D eigenvalue weighted by molar-refractivity contribution is 6.00. The van der Waals surface area contributed by atoms with E-state index in [2.05, 4.69) is 10.3 Å². The summed E-state index contributed by atoms with van der Waals surface area (Å²) in [6.07, 6.45) is 2.88. The second kappa shape index (κ2) is 6.52. The number of nitrogens with one attached hydrogen (secondary N) is 1. The van der Waals surface area contributed by atoms with Gasteiger partial charge in [0.25, 0.3) is 5.69 Å². The third-order valence-corrected chi connectivity index (χ3v) is 3.78. The van der Waals surface area contributed by atoms with Gasteiger partial charge in [-0.2, -0.15) is 0 Å². The quantitative estimate of drug-likeness (QED) is 0.548. The molecular weight excluding hydrogens is 327 g/mol. The lowest BCUT2D eigenvalue weighted by Gasteiger charge is -2.18. The highest BCUT2D eigenvalue weighted by Crippen LogP contribution is 2.32. The van der Waals surface area contributed by atoms with Gasteiger partial charge in [-0.15, -0.1) is 0 Å². The fraction of sp³-hybridized carbons (Fsp3) is 0.0588. The van der Waals surface area contributed by atoms with Gasteiger partial charge in [0.1, 0.15) is 11.9 Å². The first-order valence-electron chi connectivity index (χ1n) is 7.30. The first-order chi connectivity index (χ1) is 12.0. The molecule has 0 saturated heterocycles. The molecule has 3 rings (SSSR count). The summed E-state index contributed by atoms with van der Waals surface area (Å²) in [7, 11) is 0. The molecule has 0 aliphatic heterocycles. The lowest BCUT2D eigenvalue weighted by molar-refractivity contribution is -0.383. The van der Waals surface area contributed by atoms with Crippen molar-refractivity contribution < 1.29 is 14.1 Å². The van der Waals surface area contributed by atoms with Crippen LogP contribution in [0.3, 0.4) is 0 Å². The Morgan fingerprint density at radius 2 is 1.88 bits per heavy atom. The lowest BCUT2D eigenvalue weighted by atomic mass is 10.0. The van der Waals surface area contributed by atoms with Crippen molar-refractivity contribution in [3.63, 3.8) is 0 Å². The lowest BCUT2D eigenvalue weighted by Crippen LogP contribution is -2.27. The van der Waals surface area contributed by atoms with E-state index in [0.29, 0.717) is 22.0 Å². The van der Waals surface area contributed by atoms with Crippen molar-refractivity contribution in [3.8, 4) is 0 Å². The molecule has 0 radical (unpaired) electrons. The first-order valence-corrected chi connectivity index (χ1v) is 7.30. The SMILES string of the molecule is NC(=O)C(Nc1ccc([N+](=O)[O-])c2cnccc12)c1ccc(F)cc1. The molecular formula is C17H13FN4O3. The number of hydrogen-bond acceptors (Lipinski definition) is 5. The zero-order valence-electron chi connectivity index (χ0n) is 12.8. The van der Waals surface area contributed by atoms with Gasteiger partial charge in [0.05, 0.1) is 10.3 Å². The fourth-order valence-electron chi connectivity index (χ4n) is 2.59. The predicted octanol–water partition coefficient (Wildman–Crippen LogP) is 2.92. The summed E-state index contributed by atoms with van der Waals surface area (Å²) in [4.78, 5) is 26.4. The number of pyridine rings is 1.